The van der Waals surface area contributed by atoms with Gasteiger partial charge in [-0.05, 0) is 31.0 Å². The first-order chi connectivity index (χ1) is 8.79. The zero-order valence-electron chi connectivity index (χ0n) is 10.8. The molecule has 3 nitrogen and oxygen atoms in total. The van der Waals surface area contributed by atoms with Gasteiger partial charge in [-0.15, -0.1) is 0 Å². The van der Waals surface area contributed by atoms with Gasteiger partial charge in [0.05, 0.1) is 11.5 Å². The lowest BCUT2D eigenvalue weighted by Gasteiger charge is -2.15. The van der Waals surface area contributed by atoms with Gasteiger partial charge < -0.3 is 11.1 Å². The van der Waals surface area contributed by atoms with Crippen molar-refractivity contribution in [2.75, 3.05) is 11.9 Å². The van der Waals surface area contributed by atoms with Crippen LogP contribution in [0, 0.1) is 12.8 Å². The molecule has 0 bridgehead atoms. The van der Waals surface area contributed by atoms with Crippen molar-refractivity contribution in [3.8, 4) is 0 Å². The smallest absolute Gasteiger partial charge is 0.330 e. The van der Waals surface area contributed by atoms with Crippen molar-refractivity contribution in [1.82, 2.24) is 0 Å². The number of halogens is 3. The van der Waals surface area contributed by atoms with Crippen LogP contribution in [0.25, 0.3) is 0 Å². The van der Waals surface area contributed by atoms with Gasteiger partial charge in [0, 0.05) is 12.2 Å². The van der Waals surface area contributed by atoms with Gasteiger partial charge in [0.2, 0.25) is 5.91 Å². The minimum atomic E-state index is -4.43. The number of amides is 1. The molecule has 0 aromatic heterocycles. The fourth-order valence-corrected chi connectivity index (χ4v) is 1.71. The summed E-state index contributed by atoms with van der Waals surface area (Å²) in [6.07, 6.45) is -3.89. The minimum Gasteiger partial charge on any atom is -0.330 e. The van der Waals surface area contributed by atoms with E-state index >= 15 is 0 Å². The van der Waals surface area contributed by atoms with Crippen molar-refractivity contribution >= 4 is 11.6 Å². The third kappa shape index (κ3) is 3.96. The van der Waals surface area contributed by atoms with Crippen molar-refractivity contribution in [1.29, 1.82) is 0 Å². The molecule has 1 unspecified atom stereocenters. The number of carbonyl (C=O) groups is 1. The molecule has 3 N–H and O–H groups in total. The maximum absolute atomic E-state index is 12.7. The van der Waals surface area contributed by atoms with Crippen LogP contribution in [0.3, 0.4) is 0 Å². The Balaban J connectivity index is 2.95. The molecule has 0 fully saturated rings. The normalized spacial score (nSPS) is 13.2. The van der Waals surface area contributed by atoms with Gasteiger partial charge in [0.15, 0.2) is 0 Å². The van der Waals surface area contributed by atoms with E-state index in [-0.39, 0.29) is 23.7 Å². The summed E-state index contributed by atoms with van der Waals surface area (Å²) in [4.78, 5) is 11.7. The van der Waals surface area contributed by atoms with Crippen LogP contribution in [-0.2, 0) is 11.0 Å². The maximum Gasteiger partial charge on any atom is 0.416 e. The molecule has 0 saturated carbocycles. The minimum absolute atomic E-state index is 0.122. The molecule has 1 aromatic carbocycles. The van der Waals surface area contributed by atoms with E-state index in [1.54, 1.807) is 6.92 Å². The van der Waals surface area contributed by atoms with Crippen molar-refractivity contribution < 1.29 is 18.0 Å². The van der Waals surface area contributed by atoms with Gasteiger partial charge in [-0.2, -0.15) is 13.2 Å². The van der Waals surface area contributed by atoms with Crippen molar-refractivity contribution in [3.63, 3.8) is 0 Å². The molecule has 0 aliphatic carbocycles. The molecule has 1 atom stereocenters. The molecule has 0 heterocycles. The molecule has 0 saturated heterocycles. The highest BCUT2D eigenvalue weighted by Gasteiger charge is 2.32. The molecule has 0 radical (unpaired) electrons. The highest BCUT2D eigenvalue weighted by atomic mass is 19.4. The lowest BCUT2D eigenvalue weighted by molar-refractivity contribution is -0.138. The van der Waals surface area contributed by atoms with E-state index in [4.69, 9.17) is 5.73 Å². The lowest BCUT2D eigenvalue weighted by atomic mass is 10.0. The molecule has 1 rings (SSSR count). The average Bonchev–Trinajstić information content (AvgIpc) is 2.31. The van der Waals surface area contributed by atoms with E-state index in [1.807, 2.05) is 0 Å². The second-order valence-corrected chi connectivity index (χ2v) is 4.36. The Morgan fingerprint density at radius 2 is 2.05 bits per heavy atom. The van der Waals surface area contributed by atoms with E-state index < -0.39 is 17.7 Å². The number of nitrogens with one attached hydrogen (secondary N) is 1. The number of rotatable bonds is 4. The predicted molar refractivity (Wildman–Crippen MR) is 67.6 cm³/mol. The third-order valence-corrected chi connectivity index (χ3v) is 2.96. The summed E-state index contributed by atoms with van der Waals surface area (Å²) < 4.78 is 38.2. The lowest BCUT2D eigenvalue weighted by Crippen LogP contribution is -2.28. The first-order valence-electron chi connectivity index (χ1n) is 5.98. The average molecular weight is 274 g/mol. The number of anilines is 1. The number of aryl methyl sites for hydroxylation is 1. The van der Waals surface area contributed by atoms with Gasteiger partial charge in [0.1, 0.15) is 0 Å². The molecule has 0 spiro atoms. The summed E-state index contributed by atoms with van der Waals surface area (Å²) in [5.74, 6) is -0.752. The topological polar surface area (TPSA) is 55.1 Å². The molecule has 106 valence electrons. The van der Waals surface area contributed by atoms with Gasteiger partial charge >= 0.3 is 6.18 Å². The number of alkyl halides is 3. The van der Waals surface area contributed by atoms with Crippen molar-refractivity contribution in [2.24, 2.45) is 11.7 Å². The first kappa shape index (κ1) is 15.5. The fraction of sp³-hybridized carbons (Fsp3) is 0.462. The summed E-state index contributed by atoms with van der Waals surface area (Å²) in [5, 5.41) is 2.46. The number of hydrogen-bond donors (Lipinski definition) is 2. The number of benzene rings is 1. The van der Waals surface area contributed by atoms with Crippen molar-refractivity contribution in [2.45, 2.75) is 26.4 Å². The zero-order chi connectivity index (χ0) is 14.6. The summed E-state index contributed by atoms with van der Waals surface area (Å²) in [6, 6.07) is 3.73. The molecule has 19 heavy (non-hydrogen) atoms. The first-order valence-corrected chi connectivity index (χ1v) is 5.98. The van der Waals surface area contributed by atoms with Crippen LogP contribution < -0.4 is 11.1 Å². The predicted octanol–water partition coefficient (Wildman–Crippen LogP) is 2.94. The number of hydrogen-bond acceptors (Lipinski definition) is 2. The Hall–Kier alpha value is -1.56. The highest BCUT2D eigenvalue weighted by molar-refractivity contribution is 5.92. The summed E-state index contributed by atoms with van der Waals surface area (Å²) in [5.41, 5.74) is 4.93. The zero-order valence-corrected chi connectivity index (χ0v) is 10.8. The molecule has 0 aliphatic rings. The Kier molecular flexibility index (Phi) is 4.94. The molecular formula is C13H17F3N2O. The summed E-state index contributed by atoms with van der Waals surface area (Å²) >= 11 is 0. The van der Waals surface area contributed by atoms with Crippen LogP contribution in [0.5, 0.6) is 0 Å². The third-order valence-electron chi connectivity index (χ3n) is 2.96. The van der Waals surface area contributed by atoms with E-state index in [0.29, 0.717) is 6.42 Å². The van der Waals surface area contributed by atoms with Gasteiger partial charge in [0.25, 0.3) is 0 Å². The van der Waals surface area contributed by atoms with Crippen molar-refractivity contribution in [3.05, 3.63) is 29.3 Å². The fourth-order valence-electron chi connectivity index (χ4n) is 1.71. The molecule has 6 heteroatoms. The van der Waals surface area contributed by atoms with Crippen LogP contribution in [-0.4, -0.2) is 12.5 Å². The Bertz CT molecular complexity index is 454. The van der Waals surface area contributed by atoms with Crippen LogP contribution in [0.15, 0.2) is 18.2 Å². The Labute approximate surface area is 110 Å². The number of nitrogens with two attached hydrogens (primary N) is 1. The molecule has 1 amide bonds. The second kappa shape index (κ2) is 6.06. The molecule has 1 aromatic rings. The monoisotopic (exact) mass is 274 g/mol. The van der Waals surface area contributed by atoms with Gasteiger partial charge in [-0.1, -0.05) is 13.0 Å². The van der Waals surface area contributed by atoms with Gasteiger partial charge in [-0.3, -0.25) is 4.79 Å². The summed E-state index contributed by atoms with van der Waals surface area (Å²) in [7, 11) is 0. The standard InChI is InChI=1S/C13H17F3N2O/c1-3-9(7-17)12(19)18-10-5-4-8(2)11(6-10)13(14,15)16/h4-6,9H,3,7,17H2,1-2H3,(H,18,19). The Morgan fingerprint density at radius 1 is 1.42 bits per heavy atom. The largest absolute Gasteiger partial charge is 0.416 e. The van der Waals surface area contributed by atoms with Crippen LogP contribution in [0.1, 0.15) is 24.5 Å². The second-order valence-electron chi connectivity index (χ2n) is 4.36. The van der Waals surface area contributed by atoms with E-state index in [9.17, 15) is 18.0 Å². The van der Waals surface area contributed by atoms with E-state index in [2.05, 4.69) is 5.32 Å². The summed E-state index contributed by atoms with van der Waals surface area (Å²) in [6.45, 7) is 3.34. The maximum atomic E-state index is 12.7. The van der Waals surface area contributed by atoms with Gasteiger partial charge in [-0.25, -0.2) is 0 Å². The van der Waals surface area contributed by atoms with Crippen LogP contribution >= 0.6 is 0 Å². The highest BCUT2D eigenvalue weighted by Crippen LogP contribution is 2.33. The molecule has 0 aliphatic heterocycles. The van der Waals surface area contributed by atoms with Crippen LogP contribution in [0.2, 0.25) is 0 Å². The van der Waals surface area contributed by atoms with E-state index in [1.165, 1.54) is 19.1 Å². The molecular weight excluding hydrogens is 257 g/mol. The van der Waals surface area contributed by atoms with Crippen LogP contribution in [0.4, 0.5) is 18.9 Å². The quantitative estimate of drug-likeness (QED) is 0.887. The Morgan fingerprint density at radius 3 is 2.53 bits per heavy atom. The number of carbonyl (C=O) groups excluding carboxylic acids is 1. The SMILES string of the molecule is CCC(CN)C(=O)Nc1ccc(C)c(C(F)(F)F)c1. The van der Waals surface area contributed by atoms with E-state index in [0.717, 1.165) is 6.07 Å².